The van der Waals surface area contributed by atoms with Crippen LogP contribution in [0, 0.1) is 0 Å². The molecule has 0 atom stereocenters. The van der Waals surface area contributed by atoms with Crippen LogP contribution in [0.5, 0.6) is 0 Å². The van der Waals surface area contributed by atoms with Gasteiger partial charge >= 0.3 is 0 Å². The Labute approximate surface area is 87.4 Å². The second-order valence-corrected chi connectivity index (χ2v) is 3.81. The van der Waals surface area contributed by atoms with Crippen molar-refractivity contribution >= 4 is 17.3 Å². The molecule has 1 rings (SSSR count). The fourth-order valence-electron chi connectivity index (χ4n) is 0.882. The zero-order valence-electron chi connectivity index (χ0n) is 8.32. The lowest BCUT2D eigenvalue weighted by Crippen LogP contribution is -2.44. The maximum absolute atomic E-state index is 5.30. The Morgan fingerprint density at radius 1 is 1.71 bits per heavy atom. The predicted octanol–water partition coefficient (Wildman–Crippen LogP) is 0.460. The normalized spacial score (nSPS) is 11.9. The summed E-state index contributed by atoms with van der Waals surface area (Å²) in [6.45, 7) is 4.59. The molecule has 78 valence electrons. The Kier molecular flexibility index (Phi) is 4.34. The number of aromatic nitrogens is 1. The number of hydrogen-bond acceptors (Lipinski definition) is 4. The van der Waals surface area contributed by atoms with Crippen molar-refractivity contribution in [3.05, 3.63) is 16.6 Å². The molecule has 0 spiro atoms. The summed E-state index contributed by atoms with van der Waals surface area (Å²) in [5.74, 6) is 5.89. The van der Waals surface area contributed by atoms with E-state index in [2.05, 4.69) is 20.7 Å². The Bertz CT molecular complexity index is 280. The summed E-state index contributed by atoms with van der Waals surface area (Å²) in [6.07, 6.45) is 0. The topological polar surface area (TPSA) is 75.3 Å². The average Bonchev–Trinajstić information content (AvgIpc) is 2.64. The average molecular weight is 213 g/mol. The molecule has 0 saturated heterocycles. The Hall–Kier alpha value is -1.14. The number of guanidine groups is 1. The molecule has 1 heterocycles. The van der Waals surface area contributed by atoms with E-state index < -0.39 is 0 Å². The first-order chi connectivity index (χ1) is 6.72. The van der Waals surface area contributed by atoms with E-state index in [4.69, 9.17) is 5.84 Å². The third kappa shape index (κ3) is 3.71. The molecule has 0 bridgehead atoms. The summed E-state index contributed by atoms with van der Waals surface area (Å²) < 4.78 is 0. The van der Waals surface area contributed by atoms with Crippen molar-refractivity contribution in [1.29, 1.82) is 0 Å². The summed E-state index contributed by atoms with van der Waals surface area (Å²) in [5.41, 5.74) is 5.25. The lowest BCUT2D eigenvalue weighted by atomic mass is 10.4. The number of hydrazine groups is 1. The number of aliphatic imine (C=N–C) groups is 1. The molecule has 0 fully saturated rings. The SMILES string of the molecule is CC(C)NC(=NCc1cscn1)NN. The Morgan fingerprint density at radius 3 is 3.00 bits per heavy atom. The molecule has 1 aromatic heterocycles. The third-order valence-electron chi connectivity index (χ3n) is 1.44. The van der Waals surface area contributed by atoms with Gasteiger partial charge in [0.1, 0.15) is 0 Å². The van der Waals surface area contributed by atoms with Crippen molar-refractivity contribution in [2.75, 3.05) is 0 Å². The highest BCUT2D eigenvalue weighted by molar-refractivity contribution is 7.07. The number of nitrogens with zero attached hydrogens (tertiary/aromatic N) is 2. The minimum absolute atomic E-state index is 0.306. The fraction of sp³-hybridized carbons (Fsp3) is 0.500. The van der Waals surface area contributed by atoms with E-state index in [1.807, 2.05) is 19.2 Å². The molecule has 0 amide bonds. The quantitative estimate of drug-likeness (QED) is 0.295. The molecule has 0 aliphatic rings. The molecule has 14 heavy (non-hydrogen) atoms. The first-order valence-electron chi connectivity index (χ1n) is 4.37. The molecule has 4 N–H and O–H groups in total. The minimum Gasteiger partial charge on any atom is -0.353 e. The molecule has 1 aromatic rings. The van der Waals surface area contributed by atoms with Crippen LogP contribution in [-0.4, -0.2) is 17.0 Å². The lowest BCUT2D eigenvalue weighted by Gasteiger charge is -2.11. The van der Waals surface area contributed by atoms with E-state index in [0.29, 0.717) is 18.5 Å². The van der Waals surface area contributed by atoms with Gasteiger partial charge in [0, 0.05) is 11.4 Å². The molecule has 5 nitrogen and oxygen atoms in total. The van der Waals surface area contributed by atoms with Gasteiger partial charge in [0.15, 0.2) is 0 Å². The predicted molar refractivity (Wildman–Crippen MR) is 58.8 cm³/mol. The van der Waals surface area contributed by atoms with Gasteiger partial charge in [-0.25, -0.2) is 15.8 Å². The summed E-state index contributed by atoms with van der Waals surface area (Å²) in [7, 11) is 0. The highest BCUT2D eigenvalue weighted by Gasteiger charge is 1.98. The number of hydrogen-bond donors (Lipinski definition) is 3. The minimum atomic E-state index is 0.306. The van der Waals surface area contributed by atoms with Crippen molar-refractivity contribution in [1.82, 2.24) is 15.7 Å². The maximum atomic E-state index is 5.30. The summed E-state index contributed by atoms with van der Waals surface area (Å²) in [5, 5.41) is 5.05. The van der Waals surface area contributed by atoms with Gasteiger partial charge in [-0.2, -0.15) is 0 Å². The van der Waals surface area contributed by atoms with Crippen LogP contribution in [0.2, 0.25) is 0 Å². The van der Waals surface area contributed by atoms with Crippen LogP contribution in [-0.2, 0) is 6.54 Å². The van der Waals surface area contributed by atoms with Gasteiger partial charge in [0.25, 0.3) is 0 Å². The number of rotatable bonds is 3. The molecule has 0 radical (unpaired) electrons. The smallest absolute Gasteiger partial charge is 0.206 e. The van der Waals surface area contributed by atoms with E-state index in [1.165, 1.54) is 0 Å². The third-order valence-corrected chi connectivity index (χ3v) is 2.08. The van der Waals surface area contributed by atoms with Crippen LogP contribution < -0.4 is 16.6 Å². The second-order valence-electron chi connectivity index (χ2n) is 3.09. The Morgan fingerprint density at radius 2 is 2.50 bits per heavy atom. The maximum Gasteiger partial charge on any atom is 0.206 e. The van der Waals surface area contributed by atoms with Crippen LogP contribution in [0.15, 0.2) is 15.9 Å². The molecular weight excluding hydrogens is 198 g/mol. The summed E-state index contributed by atoms with van der Waals surface area (Å²) >= 11 is 1.56. The van der Waals surface area contributed by atoms with E-state index >= 15 is 0 Å². The van der Waals surface area contributed by atoms with Crippen LogP contribution in [0.1, 0.15) is 19.5 Å². The molecule has 6 heteroatoms. The standard InChI is InChI=1S/C8H15N5S/c1-6(2)12-8(13-9)10-3-7-4-14-5-11-7/h4-6H,3,9H2,1-2H3,(H2,10,12,13). The van der Waals surface area contributed by atoms with Crippen LogP contribution >= 0.6 is 11.3 Å². The number of nitrogens with two attached hydrogens (primary N) is 1. The van der Waals surface area contributed by atoms with Crippen molar-refractivity contribution in [3.63, 3.8) is 0 Å². The van der Waals surface area contributed by atoms with Crippen molar-refractivity contribution in [2.45, 2.75) is 26.4 Å². The second kappa shape index (κ2) is 5.56. The van der Waals surface area contributed by atoms with Crippen molar-refractivity contribution in [2.24, 2.45) is 10.8 Å². The molecule has 0 saturated carbocycles. The van der Waals surface area contributed by atoms with Gasteiger partial charge in [-0.1, -0.05) is 0 Å². The highest BCUT2D eigenvalue weighted by Crippen LogP contribution is 2.01. The molecule has 0 aromatic carbocycles. The fourth-order valence-corrected chi connectivity index (χ4v) is 1.43. The van der Waals surface area contributed by atoms with Gasteiger partial charge in [-0.05, 0) is 13.8 Å². The molecule has 0 aliphatic heterocycles. The van der Waals surface area contributed by atoms with Gasteiger partial charge in [0.05, 0.1) is 17.7 Å². The molecule has 0 unspecified atom stereocenters. The number of nitrogens with one attached hydrogen (secondary N) is 2. The van der Waals surface area contributed by atoms with Gasteiger partial charge < -0.3 is 5.32 Å². The summed E-state index contributed by atoms with van der Waals surface area (Å²) in [6, 6.07) is 0.306. The van der Waals surface area contributed by atoms with Gasteiger partial charge in [-0.3, -0.25) is 5.43 Å². The monoisotopic (exact) mass is 213 g/mol. The largest absolute Gasteiger partial charge is 0.353 e. The number of thiazole rings is 1. The first-order valence-corrected chi connectivity index (χ1v) is 5.31. The zero-order chi connectivity index (χ0) is 10.4. The zero-order valence-corrected chi connectivity index (χ0v) is 9.14. The summed E-state index contributed by atoms with van der Waals surface area (Å²) in [4.78, 5) is 8.36. The highest BCUT2D eigenvalue weighted by atomic mass is 32.1. The van der Waals surface area contributed by atoms with Crippen LogP contribution in [0.3, 0.4) is 0 Å². The molecular formula is C8H15N5S. The van der Waals surface area contributed by atoms with E-state index in [-0.39, 0.29) is 0 Å². The van der Waals surface area contributed by atoms with E-state index in [0.717, 1.165) is 5.69 Å². The van der Waals surface area contributed by atoms with Crippen LogP contribution in [0.25, 0.3) is 0 Å². The first kappa shape index (κ1) is 10.9. The van der Waals surface area contributed by atoms with Crippen LogP contribution in [0.4, 0.5) is 0 Å². The Balaban J connectivity index is 2.48. The van der Waals surface area contributed by atoms with Gasteiger partial charge in [0.2, 0.25) is 5.96 Å². The van der Waals surface area contributed by atoms with Crippen molar-refractivity contribution in [3.8, 4) is 0 Å². The van der Waals surface area contributed by atoms with E-state index in [9.17, 15) is 0 Å². The van der Waals surface area contributed by atoms with Gasteiger partial charge in [-0.15, -0.1) is 11.3 Å². The van der Waals surface area contributed by atoms with E-state index in [1.54, 1.807) is 16.8 Å². The van der Waals surface area contributed by atoms with Crippen molar-refractivity contribution < 1.29 is 0 Å². The lowest BCUT2D eigenvalue weighted by molar-refractivity contribution is 0.701. The molecule has 0 aliphatic carbocycles.